The largest absolute Gasteiger partial charge is 0.466 e. The van der Waals surface area contributed by atoms with Crippen molar-refractivity contribution in [1.29, 1.82) is 0 Å². The number of rotatable bonds is 6. The van der Waals surface area contributed by atoms with Crippen LogP contribution in [0.2, 0.25) is 0 Å². The van der Waals surface area contributed by atoms with Gasteiger partial charge in [0, 0.05) is 24.4 Å². The van der Waals surface area contributed by atoms with E-state index in [1.54, 1.807) is 0 Å². The van der Waals surface area contributed by atoms with Gasteiger partial charge >= 0.3 is 5.97 Å². The maximum absolute atomic E-state index is 11.8. The van der Waals surface area contributed by atoms with Crippen molar-refractivity contribution >= 4 is 23.7 Å². The molecule has 0 aliphatic carbocycles. The van der Waals surface area contributed by atoms with Crippen LogP contribution in [0.1, 0.15) is 40.5 Å². The van der Waals surface area contributed by atoms with Crippen LogP contribution in [-0.2, 0) is 9.53 Å². The number of ether oxygens (including phenoxy) is 1. The summed E-state index contributed by atoms with van der Waals surface area (Å²) >= 11 is 1.83. The topological polar surface area (TPSA) is 53.9 Å². The summed E-state index contributed by atoms with van der Waals surface area (Å²) in [4.78, 5) is 18.8. The highest BCUT2D eigenvalue weighted by molar-refractivity contribution is 7.99. The summed E-state index contributed by atoms with van der Waals surface area (Å²) in [7, 11) is 0. The van der Waals surface area contributed by atoms with Crippen LogP contribution in [0.3, 0.4) is 0 Å². The number of guanidine groups is 1. The molecule has 0 unspecified atom stereocenters. The number of hydrogen-bond donors (Lipinski definition) is 1. The second-order valence-electron chi connectivity index (χ2n) is 6.15. The summed E-state index contributed by atoms with van der Waals surface area (Å²) in [5.41, 5.74) is 0. The highest BCUT2D eigenvalue weighted by Gasteiger charge is 2.27. The molecule has 0 aromatic heterocycles. The van der Waals surface area contributed by atoms with Gasteiger partial charge in [-0.1, -0.05) is 0 Å². The van der Waals surface area contributed by atoms with Gasteiger partial charge in [-0.2, -0.15) is 11.8 Å². The third kappa shape index (κ3) is 6.07. The highest BCUT2D eigenvalue weighted by atomic mass is 32.2. The summed E-state index contributed by atoms with van der Waals surface area (Å²) in [5, 5.41) is 3.37. The first kappa shape index (κ1) is 19.1. The van der Waals surface area contributed by atoms with E-state index in [4.69, 9.17) is 9.73 Å². The van der Waals surface area contributed by atoms with E-state index in [-0.39, 0.29) is 16.6 Å². The Kier molecular flexibility index (Phi) is 8.07. The van der Waals surface area contributed by atoms with Gasteiger partial charge in [0.1, 0.15) is 0 Å². The quantitative estimate of drug-likeness (QED) is 0.461. The lowest BCUT2D eigenvalue weighted by Gasteiger charge is -2.33. The Morgan fingerprint density at radius 2 is 2.00 bits per heavy atom. The smallest absolute Gasteiger partial charge is 0.309 e. The molecule has 0 atom stereocenters. The van der Waals surface area contributed by atoms with Gasteiger partial charge in [0.05, 0.1) is 19.1 Å². The van der Waals surface area contributed by atoms with E-state index in [1.165, 1.54) is 0 Å². The van der Waals surface area contributed by atoms with Crippen LogP contribution in [0.15, 0.2) is 4.99 Å². The molecule has 5 nitrogen and oxygen atoms in total. The fourth-order valence-corrected chi connectivity index (χ4v) is 2.54. The number of likely N-dealkylation sites (tertiary alicyclic amines) is 1. The zero-order valence-corrected chi connectivity index (χ0v) is 15.5. The lowest BCUT2D eigenvalue weighted by atomic mass is 9.97. The zero-order chi connectivity index (χ0) is 16.6. The second-order valence-corrected chi connectivity index (χ2v) is 7.66. The van der Waals surface area contributed by atoms with Crippen LogP contribution in [0.25, 0.3) is 0 Å². The van der Waals surface area contributed by atoms with E-state index in [0.717, 1.165) is 45.0 Å². The van der Waals surface area contributed by atoms with Crippen LogP contribution in [0.5, 0.6) is 0 Å². The Morgan fingerprint density at radius 3 is 2.50 bits per heavy atom. The van der Waals surface area contributed by atoms with E-state index in [0.29, 0.717) is 6.61 Å². The molecule has 0 aromatic carbocycles. The first-order chi connectivity index (χ1) is 10.4. The van der Waals surface area contributed by atoms with Crippen molar-refractivity contribution in [2.24, 2.45) is 10.9 Å². The minimum absolute atomic E-state index is 0.0433. The number of nitrogens with zero attached hydrogens (tertiary/aromatic N) is 2. The lowest BCUT2D eigenvalue weighted by molar-refractivity contribution is -0.149. The van der Waals surface area contributed by atoms with Gasteiger partial charge in [0.15, 0.2) is 5.96 Å². The molecular weight excluding hydrogens is 298 g/mol. The van der Waals surface area contributed by atoms with E-state index >= 15 is 0 Å². The molecule has 0 bridgehead atoms. The minimum Gasteiger partial charge on any atom is -0.466 e. The van der Waals surface area contributed by atoms with Gasteiger partial charge < -0.3 is 15.0 Å². The number of carbonyl (C=O) groups is 1. The summed E-state index contributed by atoms with van der Waals surface area (Å²) in [6.07, 6.45) is 3.80. The predicted octanol–water partition coefficient (Wildman–Crippen LogP) is 2.37. The van der Waals surface area contributed by atoms with Crippen molar-refractivity contribution in [1.82, 2.24) is 10.2 Å². The lowest BCUT2D eigenvalue weighted by Crippen LogP contribution is -2.47. The summed E-state index contributed by atoms with van der Waals surface area (Å²) in [6.45, 7) is 12.2. The standard InChI is InChI=1S/C16H31N3O2S/c1-6-17-15(18-12-16(3,4)22-5)19-10-8-13(9-11-19)14(20)21-7-2/h13H,6-12H2,1-5H3,(H,17,18). The number of carbonyl (C=O) groups excluding carboxylic acids is 1. The first-order valence-corrected chi connectivity index (χ1v) is 9.41. The third-order valence-corrected chi connectivity index (χ3v) is 5.15. The molecule has 1 saturated heterocycles. The van der Waals surface area contributed by atoms with E-state index < -0.39 is 0 Å². The number of piperidine rings is 1. The van der Waals surface area contributed by atoms with E-state index in [9.17, 15) is 4.79 Å². The summed E-state index contributed by atoms with van der Waals surface area (Å²) in [6, 6.07) is 0. The van der Waals surface area contributed by atoms with Crippen LogP contribution in [-0.4, -0.2) is 60.6 Å². The molecular formula is C16H31N3O2S. The van der Waals surface area contributed by atoms with Crippen LogP contribution < -0.4 is 5.32 Å². The van der Waals surface area contributed by atoms with Gasteiger partial charge in [0.2, 0.25) is 0 Å². The van der Waals surface area contributed by atoms with Gasteiger partial charge in [-0.05, 0) is 46.8 Å². The van der Waals surface area contributed by atoms with E-state index in [2.05, 4.69) is 37.2 Å². The fraction of sp³-hybridized carbons (Fsp3) is 0.875. The van der Waals surface area contributed by atoms with Gasteiger partial charge in [-0.15, -0.1) is 0 Å². The molecule has 0 aromatic rings. The molecule has 0 spiro atoms. The molecule has 1 heterocycles. The average Bonchev–Trinajstić information content (AvgIpc) is 2.52. The number of esters is 1. The van der Waals surface area contributed by atoms with Gasteiger partial charge in [-0.3, -0.25) is 9.79 Å². The maximum Gasteiger partial charge on any atom is 0.309 e. The van der Waals surface area contributed by atoms with Gasteiger partial charge in [-0.25, -0.2) is 0 Å². The summed E-state index contributed by atoms with van der Waals surface area (Å²) < 4.78 is 5.27. The Balaban J connectivity index is 2.60. The Bertz CT molecular complexity index is 378. The number of aliphatic imine (C=N–C) groups is 1. The Labute approximate surface area is 139 Å². The molecule has 1 rings (SSSR count). The Morgan fingerprint density at radius 1 is 1.36 bits per heavy atom. The van der Waals surface area contributed by atoms with Crippen LogP contribution >= 0.6 is 11.8 Å². The molecule has 0 saturated carbocycles. The Hall–Kier alpha value is -0.910. The summed E-state index contributed by atoms with van der Waals surface area (Å²) in [5.74, 6) is 0.959. The molecule has 128 valence electrons. The monoisotopic (exact) mass is 329 g/mol. The average molecular weight is 330 g/mol. The second kappa shape index (κ2) is 9.28. The first-order valence-electron chi connectivity index (χ1n) is 8.18. The molecule has 1 aliphatic rings. The van der Waals surface area contributed by atoms with Gasteiger partial charge in [0.25, 0.3) is 0 Å². The van der Waals surface area contributed by atoms with Crippen molar-refractivity contribution in [2.75, 3.05) is 39.0 Å². The predicted molar refractivity (Wildman–Crippen MR) is 94.5 cm³/mol. The van der Waals surface area contributed by atoms with Crippen molar-refractivity contribution in [2.45, 2.75) is 45.3 Å². The number of nitrogens with one attached hydrogen (secondary N) is 1. The highest BCUT2D eigenvalue weighted by Crippen LogP contribution is 2.22. The SMILES string of the molecule is CCNC(=NCC(C)(C)SC)N1CCC(C(=O)OCC)CC1. The normalized spacial score (nSPS) is 17.5. The molecule has 1 fully saturated rings. The third-order valence-electron chi connectivity index (χ3n) is 3.91. The van der Waals surface area contributed by atoms with Crippen LogP contribution in [0, 0.1) is 5.92 Å². The fourth-order valence-electron chi connectivity index (χ4n) is 2.34. The zero-order valence-electron chi connectivity index (χ0n) is 14.6. The van der Waals surface area contributed by atoms with Crippen LogP contribution in [0.4, 0.5) is 0 Å². The molecule has 1 N–H and O–H groups in total. The van der Waals surface area contributed by atoms with Crippen molar-refractivity contribution < 1.29 is 9.53 Å². The number of hydrogen-bond acceptors (Lipinski definition) is 4. The number of thioether (sulfide) groups is 1. The maximum atomic E-state index is 11.8. The molecule has 6 heteroatoms. The van der Waals surface area contributed by atoms with E-state index in [1.807, 2.05) is 18.7 Å². The van der Waals surface area contributed by atoms with Crippen molar-refractivity contribution in [3.05, 3.63) is 0 Å². The molecule has 0 amide bonds. The minimum atomic E-state index is -0.0485. The molecule has 1 aliphatic heterocycles. The molecule has 22 heavy (non-hydrogen) atoms. The van der Waals surface area contributed by atoms with Crippen molar-refractivity contribution in [3.63, 3.8) is 0 Å². The van der Waals surface area contributed by atoms with Crippen molar-refractivity contribution in [3.8, 4) is 0 Å². The molecule has 0 radical (unpaired) electrons.